The minimum absolute atomic E-state index is 0.0417. The number of carbonyl (C=O) groups excluding carboxylic acids is 2. The van der Waals surface area contributed by atoms with Crippen LogP contribution in [0.4, 0.5) is 0 Å². The van der Waals surface area contributed by atoms with Crippen molar-refractivity contribution in [2.24, 2.45) is 5.84 Å². The lowest BCUT2D eigenvalue weighted by Gasteiger charge is -1.74. The third-order valence-electron chi connectivity index (χ3n) is 0.228. The van der Waals surface area contributed by atoms with Gasteiger partial charge in [-0.15, -0.1) is 0 Å². The second-order valence-corrected chi connectivity index (χ2v) is 0.585. The van der Waals surface area contributed by atoms with Gasteiger partial charge in [-0.25, -0.2) is 5.84 Å². The number of aldehydes is 1. The van der Waals surface area contributed by atoms with E-state index in [0.29, 0.717) is 0 Å². The van der Waals surface area contributed by atoms with E-state index in [-0.39, 0.29) is 6.29 Å². The molecule has 2 N–H and O–H groups in total. The highest BCUT2D eigenvalue weighted by atomic mass is 16.2. The first-order valence-electron chi connectivity index (χ1n) is 1.21. The van der Waals surface area contributed by atoms with Crippen LogP contribution in [0, 0.1) is 0 Å². The van der Waals surface area contributed by atoms with Crippen LogP contribution < -0.4 is 11.3 Å². The van der Waals surface area contributed by atoms with Gasteiger partial charge in [0.1, 0.15) is 0 Å². The Morgan fingerprint density at radius 1 is 1.83 bits per heavy atom. The van der Waals surface area contributed by atoms with Gasteiger partial charge in [-0.3, -0.25) is 9.59 Å². The minimum Gasteiger partial charge on any atom is -0.292 e. The molecule has 0 saturated heterocycles. The molecule has 0 aliphatic heterocycles. The summed E-state index contributed by atoms with van der Waals surface area (Å²) in [6, 6.07) is 0. The summed E-state index contributed by atoms with van der Waals surface area (Å²) in [6.45, 7) is 0. The van der Waals surface area contributed by atoms with Crippen molar-refractivity contribution in [2.45, 2.75) is 0 Å². The first-order chi connectivity index (χ1) is 2.81. The molecular weight excluding hydrogens is 84.0 g/mol. The Kier molecular flexibility index (Phi) is 1.99. The summed E-state index contributed by atoms with van der Waals surface area (Å²) in [6.07, 6.45) is 0.0417. The molecule has 0 atom stereocenters. The van der Waals surface area contributed by atoms with E-state index in [2.05, 4.69) is 11.3 Å². The van der Waals surface area contributed by atoms with Crippen molar-refractivity contribution in [2.75, 3.05) is 0 Å². The van der Waals surface area contributed by atoms with E-state index >= 15 is 0 Å². The molecule has 0 aromatic rings. The Morgan fingerprint density at radius 2 is 2.33 bits per heavy atom. The predicted molar refractivity (Wildman–Crippen MR) is 17.4 cm³/mol. The lowest BCUT2D eigenvalue weighted by atomic mass is 10.7. The molecule has 0 aliphatic carbocycles. The van der Waals surface area contributed by atoms with Gasteiger partial charge < -0.3 is 0 Å². The van der Waals surface area contributed by atoms with Gasteiger partial charge in [0.2, 0.25) is 6.29 Å². The first-order valence-corrected chi connectivity index (χ1v) is 1.21. The topological polar surface area (TPSA) is 74.3 Å². The molecule has 0 heterocycles. The fraction of sp³-hybridized carbons (Fsp3) is 0. The van der Waals surface area contributed by atoms with Crippen molar-refractivity contribution < 1.29 is 9.59 Å². The van der Waals surface area contributed by atoms with Crippen molar-refractivity contribution in [1.82, 2.24) is 5.43 Å². The molecule has 0 aromatic carbocycles. The quantitative estimate of drug-likeness (QED) is 0.135. The van der Waals surface area contributed by atoms with Gasteiger partial charge in [-0.2, -0.15) is 5.43 Å². The highest BCUT2D eigenvalue weighted by Crippen LogP contribution is 1.43. The molecule has 0 rings (SSSR count). The van der Waals surface area contributed by atoms with Crippen LogP contribution in [-0.2, 0) is 9.59 Å². The molecule has 6 heavy (non-hydrogen) atoms. The molecule has 0 aromatic heterocycles. The molecule has 1 radical (unpaired) electrons. The zero-order valence-electron chi connectivity index (χ0n) is 2.92. The first kappa shape index (κ1) is 5.10. The maximum Gasteiger partial charge on any atom is 0.321 e. The minimum atomic E-state index is -0.935. The van der Waals surface area contributed by atoms with Crippen molar-refractivity contribution in [3.8, 4) is 0 Å². The van der Waals surface area contributed by atoms with Gasteiger partial charge in [0.15, 0.2) is 0 Å². The average molecular weight is 87.1 g/mol. The SMILES string of the molecule is N[N]C(=O)C=O. The fourth-order valence-corrected chi connectivity index (χ4v) is 0.0304. The van der Waals surface area contributed by atoms with E-state index in [9.17, 15) is 9.59 Å². The predicted octanol–water partition coefficient (Wildman–Crippen LogP) is -1.81. The summed E-state index contributed by atoms with van der Waals surface area (Å²) in [4.78, 5) is 18.7. The van der Waals surface area contributed by atoms with Crippen LogP contribution in [-0.4, -0.2) is 12.2 Å². The summed E-state index contributed by atoms with van der Waals surface area (Å²) >= 11 is 0. The van der Waals surface area contributed by atoms with Crippen LogP contribution in [0.25, 0.3) is 0 Å². The second-order valence-electron chi connectivity index (χ2n) is 0.585. The van der Waals surface area contributed by atoms with E-state index < -0.39 is 5.91 Å². The summed E-state index contributed by atoms with van der Waals surface area (Å²) in [7, 11) is 0. The van der Waals surface area contributed by atoms with Crippen LogP contribution in [0.2, 0.25) is 0 Å². The van der Waals surface area contributed by atoms with Crippen LogP contribution in [0.15, 0.2) is 0 Å². The Hall–Kier alpha value is -0.900. The molecule has 4 nitrogen and oxygen atoms in total. The van der Waals surface area contributed by atoms with Gasteiger partial charge in [0.25, 0.3) is 0 Å². The third kappa shape index (κ3) is 1.42. The number of nitrogens with zero attached hydrogens (tertiary/aromatic N) is 1. The van der Waals surface area contributed by atoms with Crippen LogP contribution in [0.1, 0.15) is 0 Å². The monoisotopic (exact) mass is 87.0 g/mol. The fourth-order valence-electron chi connectivity index (χ4n) is 0.0304. The molecule has 0 saturated carbocycles. The summed E-state index contributed by atoms with van der Waals surface area (Å²) in [5.41, 5.74) is 2.50. The lowest BCUT2D eigenvalue weighted by molar-refractivity contribution is -0.131. The Labute approximate surface area is 34.3 Å². The Bertz CT molecular complexity index is 69.9. The molecule has 0 aliphatic rings. The number of carbonyl (C=O) groups is 2. The molecular formula is C2H3N2O2. The maximum absolute atomic E-state index is 9.52. The summed E-state index contributed by atoms with van der Waals surface area (Å²) < 4.78 is 0. The van der Waals surface area contributed by atoms with Crippen LogP contribution in [0.3, 0.4) is 0 Å². The van der Waals surface area contributed by atoms with Crippen LogP contribution >= 0.6 is 0 Å². The normalized spacial score (nSPS) is 6.83. The van der Waals surface area contributed by atoms with Crippen molar-refractivity contribution in [1.29, 1.82) is 0 Å². The van der Waals surface area contributed by atoms with E-state index in [1.54, 1.807) is 0 Å². The molecule has 0 bridgehead atoms. The number of hydrogen-bond acceptors (Lipinski definition) is 3. The van der Waals surface area contributed by atoms with Crippen molar-refractivity contribution in [3.63, 3.8) is 0 Å². The third-order valence-corrected chi connectivity index (χ3v) is 0.228. The van der Waals surface area contributed by atoms with Gasteiger partial charge in [0.05, 0.1) is 0 Å². The molecule has 4 heteroatoms. The smallest absolute Gasteiger partial charge is 0.292 e. The second kappa shape index (κ2) is 2.34. The van der Waals surface area contributed by atoms with Crippen molar-refractivity contribution >= 4 is 12.2 Å². The average Bonchev–Trinajstić information content (AvgIpc) is 1.65. The summed E-state index contributed by atoms with van der Waals surface area (Å²) in [5, 5.41) is 0. The zero-order chi connectivity index (χ0) is 4.99. The van der Waals surface area contributed by atoms with Crippen molar-refractivity contribution in [3.05, 3.63) is 0 Å². The largest absolute Gasteiger partial charge is 0.321 e. The number of rotatable bonds is 1. The highest BCUT2D eigenvalue weighted by molar-refractivity contribution is 6.23. The number of nitrogens with two attached hydrogens (primary N) is 1. The van der Waals surface area contributed by atoms with Gasteiger partial charge in [-0.05, 0) is 0 Å². The lowest BCUT2D eigenvalue weighted by Crippen LogP contribution is -2.22. The van der Waals surface area contributed by atoms with Gasteiger partial charge in [-0.1, -0.05) is 0 Å². The zero-order valence-corrected chi connectivity index (χ0v) is 2.92. The molecule has 33 valence electrons. The number of amides is 1. The van der Waals surface area contributed by atoms with Gasteiger partial charge >= 0.3 is 5.91 Å². The summed E-state index contributed by atoms with van der Waals surface area (Å²) in [5.74, 6) is 3.39. The van der Waals surface area contributed by atoms with E-state index in [1.807, 2.05) is 0 Å². The highest BCUT2D eigenvalue weighted by Gasteiger charge is 1.89. The van der Waals surface area contributed by atoms with E-state index in [4.69, 9.17) is 0 Å². The van der Waals surface area contributed by atoms with E-state index in [0.717, 1.165) is 0 Å². The van der Waals surface area contributed by atoms with E-state index in [1.165, 1.54) is 0 Å². The Morgan fingerprint density at radius 3 is 2.33 bits per heavy atom. The standard InChI is InChI=1S/C2H3N2O2/c3-4-2(6)1-5/h1H,3H2. The van der Waals surface area contributed by atoms with Crippen LogP contribution in [0.5, 0.6) is 0 Å². The van der Waals surface area contributed by atoms with Gasteiger partial charge in [0, 0.05) is 0 Å². The number of hydrogen-bond donors (Lipinski definition) is 1. The molecule has 0 fully saturated rings. The molecule has 0 unspecified atom stereocenters. The molecule has 0 spiro atoms. The molecule has 1 amide bonds. The maximum atomic E-state index is 9.52. The Balaban J connectivity index is 3.23.